The highest BCUT2D eigenvalue weighted by Gasteiger charge is 2.13. The molecule has 7 nitrogen and oxygen atoms in total. The van der Waals surface area contributed by atoms with Crippen LogP contribution in [0, 0.1) is 5.92 Å². The van der Waals surface area contributed by atoms with Crippen LogP contribution in [0.25, 0.3) is 0 Å². The first-order valence-electron chi connectivity index (χ1n) is 9.27. The summed E-state index contributed by atoms with van der Waals surface area (Å²) in [6.45, 7) is 6.73. The normalized spacial score (nSPS) is 11.7. The molecule has 0 bridgehead atoms. The van der Waals surface area contributed by atoms with Gasteiger partial charge in [-0.25, -0.2) is 0 Å². The minimum Gasteiger partial charge on any atom is -0.356 e. The van der Waals surface area contributed by atoms with Crippen molar-refractivity contribution in [3.8, 4) is 0 Å². The van der Waals surface area contributed by atoms with Crippen molar-refractivity contribution >= 4 is 64.9 Å². The van der Waals surface area contributed by atoms with Crippen LogP contribution in [0.4, 0.5) is 0 Å². The van der Waals surface area contributed by atoms with Crippen molar-refractivity contribution in [3.63, 3.8) is 0 Å². The Morgan fingerprint density at radius 2 is 2.00 bits per heavy atom. The molecule has 11 heteroatoms. The molecular formula is C18H30Cl2IN7S. The zero-order chi connectivity index (χ0) is 20.7. The highest BCUT2D eigenvalue weighted by molar-refractivity contribution is 14.0. The zero-order valence-corrected chi connectivity index (χ0v) is 22.2. The molecule has 2 N–H and O–H groups in total. The van der Waals surface area contributed by atoms with Crippen LogP contribution in [0.15, 0.2) is 16.2 Å². The summed E-state index contributed by atoms with van der Waals surface area (Å²) in [6, 6.07) is 1.86. The lowest BCUT2D eigenvalue weighted by atomic mass is 10.2. The SMILES string of the molecule is CN=C(NCCCc1nnc(SC)n1CC(C)C)NCc1cc(Cl)c(Cl)n1C.I. The van der Waals surface area contributed by atoms with Gasteiger partial charge in [-0.2, -0.15) is 0 Å². The Hall–Kier alpha value is -0.650. The van der Waals surface area contributed by atoms with E-state index in [9.17, 15) is 0 Å². The van der Waals surface area contributed by atoms with E-state index in [4.69, 9.17) is 23.2 Å². The first kappa shape index (κ1) is 26.4. The first-order valence-corrected chi connectivity index (χ1v) is 11.3. The van der Waals surface area contributed by atoms with Gasteiger partial charge in [0.15, 0.2) is 11.1 Å². The number of thioether (sulfide) groups is 1. The molecule has 29 heavy (non-hydrogen) atoms. The number of nitrogens with one attached hydrogen (secondary N) is 2. The van der Waals surface area contributed by atoms with Crippen LogP contribution in [0.1, 0.15) is 31.8 Å². The summed E-state index contributed by atoms with van der Waals surface area (Å²) >= 11 is 13.8. The van der Waals surface area contributed by atoms with E-state index in [0.29, 0.717) is 22.6 Å². The third-order valence-electron chi connectivity index (χ3n) is 4.27. The van der Waals surface area contributed by atoms with Crippen molar-refractivity contribution in [1.29, 1.82) is 0 Å². The van der Waals surface area contributed by atoms with Gasteiger partial charge in [-0.05, 0) is 24.7 Å². The van der Waals surface area contributed by atoms with Gasteiger partial charge >= 0.3 is 0 Å². The fourth-order valence-electron chi connectivity index (χ4n) is 2.81. The standard InChI is InChI=1S/C18H29Cl2N7S.HI/c1-12(2)11-27-15(24-25-18(27)28-5)7-6-8-22-17(21-3)23-10-13-9-14(19)16(20)26(13)4;/h9,12H,6-8,10-11H2,1-5H3,(H2,21,22,23);1H. The molecule has 0 radical (unpaired) electrons. The Morgan fingerprint density at radius 1 is 1.28 bits per heavy atom. The Kier molecular flexibility index (Phi) is 11.7. The maximum atomic E-state index is 6.11. The molecule has 2 rings (SSSR count). The van der Waals surface area contributed by atoms with Crippen LogP contribution in [0.3, 0.4) is 0 Å². The lowest BCUT2D eigenvalue weighted by Crippen LogP contribution is -2.37. The molecule has 0 saturated carbocycles. The fraction of sp³-hybridized carbons (Fsp3) is 0.611. The van der Waals surface area contributed by atoms with E-state index in [-0.39, 0.29) is 24.0 Å². The Labute approximate surface area is 204 Å². The number of rotatable bonds is 9. The predicted octanol–water partition coefficient (Wildman–Crippen LogP) is 4.22. The van der Waals surface area contributed by atoms with E-state index in [1.54, 1.807) is 18.8 Å². The van der Waals surface area contributed by atoms with Crippen molar-refractivity contribution in [3.05, 3.63) is 27.8 Å². The molecular weight excluding hydrogens is 544 g/mol. The maximum Gasteiger partial charge on any atom is 0.191 e. The lowest BCUT2D eigenvalue weighted by Gasteiger charge is -2.13. The molecule has 0 aliphatic heterocycles. The van der Waals surface area contributed by atoms with Crippen molar-refractivity contribution in [2.24, 2.45) is 18.0 Å². The van der Waals surface area contributed by atoms with Gasteiger partial charge in [0.1, 0.15) is 11.0 Å². The quantitative estimate of drug-likeness (QED) is 0.154. The van der Waals surface area contributed by atoms with Gasteiger partial charge in [-0.1, -0.05) is 48.8 Å². The van der Waals surface area contributed by atoms with Crippen LogP contribution < -0.4 is 10.6 Å². The van der Waals surface area contributed by atoms with Gasteiger partial charge in [0.25, 0.3) is 0 Å². The third-order valence-corrected chi connectivity index (χ3v) is 5.78. The van der Waals surface area contributed by atoms with Crippen LogP contribution in [0.5, 0.6) is 0 Å². The minimum atomic E-state index is 0. The lowest BCUT2D eigenvalue weighted by molar-refractivity contribution is 0.477. The zero-order valence-electron chi connectivity index (χ0n) is 17.5. The van der Waals surface area contributed by atoms with E-state index >= 15 is 0 Å². The fourth-order valence-corrected chi connectivity index (χ4v) is 3.75. The van der Waals surface area contributed by atoms with Gasteiger partial charge < -0.3 is 19.8 Å². The molecule has 0 aliphatic carbocycles. The molecule has 0 aromatic carbocycles. The van der Waals surface area contributed by atoms with E-state index < -0.39 is 0 Å². The second kappa shape index (κ2) is 12.9. The van der Waals surface area contributed by atoms with E-state index in [1.165, 1.54) is 0 Å². The average molecular weight is 574 g/mol. The number of nitrogens with zero attached hydrogens (tertiary/aromatic N) is 5. The Morgan fingerprint density at radius 3 is 2.55 bits per heavy atom. The van der Waals surface area contributed by atoms with Gasteiger partial charge in [0.05, 0.1) is 11.6 Å². The highest BCUT2D eigenvalue weighted by Crippen LogP contribution is 2.24. The number of aromatic nitrogens is 4. The number of halogens is 3. The second-order valence-corrected chi connectivity index (χ2v) is 8.44. The Bertz CT molecular complexity index is 804. The number of aryl methyl sites for hydroxylation is 1. The second-order valence-electron chi connectivity index (χ2n) is 6.90. The summed E-state index contributed by atoms with van der Waals surface area (Å²) in [4.78, 5) is 4.26. The molecule has 0 spiro atoms. The van der Waals surface area contributed by atoms with Crippen molar-refractivity contribution in [2.45, 2.75) is 44.9 Å². The smallest absolute Gasteiger partial charge is 0.191 e. The minimum absolute atomic E-state index is 0. The number of hydrogen-bond acceptors (Lipinski definition) is 4. The molecule has 2 heterocycles. The molecule has 0 unspecified atom stereocenters. The molecule has 0 atom stereocenters. The average Bonchev–Trinajstić information content (AvgIpc) is 3.16. The summed E-state index contributed by atoms with van der Waals surface area (Å²) in [5.74, 6) is 2.33. The molecule has 164 valence electrons. The van der Waals surface area contributed by atoms with E-state index in [1.807, 2.05) is 23.9 Å². The molecule has 0 amide bonds. The number of aliphatic imine (C=N–C) groups is 1. The van der Waals surface area contributed by atoms with Gasteiger partial charge in [-0.3, -0.25) is 4.99 Å². The van der Waals surface area contributed by atoms with Gasteiger partial charge in [0, 0.05) is 39.3 Å². The molecule has 0 aliphatic rings. The van der Waals surface area contributed by atoms with Crippen LogP contribution in [-0.4, -0.2) is 45.1 Å². The summed E-state index contributed by atoms with van der Waals surface area (Å²) < 4.78 is 4.08. The van der Waals surface area contributed by atoms with Gasteiger partial charge in [0.2, 0.25) is 0 Å². The summed E-state index contributed by atoms with van der Waals surface area (Å²) in [5.41, 5.74) is 0.990. The summed E-state index contributed by atoms with van der Waals surface area (Å²) in [7, 11) is 3.64. The largest absolute Gasteiger partial charge is 0.356 e. The first-order chi connectivity index (χ1) is 13.4. The predicted molar refractivity (Wildman–Crippen MR) is 134 cm³/mol. The van der Waals surface area contributed by atoms with Crippen molar-refractivity contribution in [1.82, 2.24) is 30.0 Å². The molecule has 0 saturated heterocycles. The van der Waals surface area contributed by atoms with E-state index in [2.05, 4.69) is 44.2 Å². The number of guanidine groups is 1. The van der Waals surface area contributed by atoms with Crippen LogP contribution >= 0.6 is 58.9 Å². The Balaban J connectivity index is 0.00000420. The topological polar surface area (TPSA) is 72.1 Å². The number of hydrogen-bond donors (Lipinski definition) is 2. The molecule has 2 aromatic heterocycles. The molecule has 0 fully saturated rings. The highest BCUT2D eigenvalue weighted by atomic mass is 127. The van der Waals surface area contributed by atoms with Crippen LogP contribution in [-0.2, 0) is 26.6 Å². The third kappa shape index (κ3) is 7.52. The summed E-state index contributed by atoms with van der Waals surface area (Å²) in [6.07, 6.45) is 3.84. The van der Waals surface area contributed by atoms with Crippen molar-refractivity contribution in [2.75, 3.05) is 19.8 Å². The van der Waals surface area contributed by atoms with Crippen molar-refractivity contribution < 1.29 is 0 Å². The monoisotopic (exact) mass is 573 g/mol. The van der Waals surface area contributed by atoms with E-state index in [0.717, 1.165) is 48.6 Å². The maximum absolute atomic E-state index is 6.11. The van der Waals surface area contributed by atoms with Crippen LogP contribution in [0.2, 0.25) is 10.2 Å². The van der Waals surface area contributed by atoms with Gasteiger partial charge in [-0.15, -0.1) is 34.2 Å². The summed E-state index contributed by atoms with van der Waals surface area (Å²) in [5, 5.41) is 17.3. The molecule has 2 aromatic rings.